The van der Waals surface area contributed by atoms with E-state index in [0.717, 1.165) is 66.5 Å². The van der Waals surface area contributed by atoms with Crippen molar-refractivity contribution in [2.45, 2.75) is 44.1 Å². The maximum absolute atomic E-state index is 13.8. The predicted molar refractivity (Wildman–Crippen MR) is 195 cm³/mol. The van der Waals surface area contributed by atoms with Crippen LogP contribution >= 0.6 is 33.1 Å². The van der Waals surface area contributed by atoms with Gasteiger partial charge in [0.25, 0.3) is 0 Å². The number of fused-ring (bicyclic) bond motifs is 7. The number of nitrogens with zero attached hydrogens (tertiary/aromatic N) is 2. The maximum Gasteiger partial charge on any atom is 0.191 e. The zero-order valence-corrected chi connectivity index (χ0v) is 28.3. The molecule has 2 saturated heterocycles. The third-order valence-corrected chi connectivity index (χ3v) is 16.4. The van der Waals surface area contributed by atoms with E-state index in [2.05, 4.69) is 54.8 Å². The highest BCUT2D eigenvalue weighted by atomic mass is 32.3. The SMILES string of the molecule is C=C(SC=O)C1=C(CC)c2cc3ccc(cc(C)nc(C(=C)C(C)/C=C\CC(=O)S)cc4[nH]c(cc1n2)=S125C(=O)C1C=CC2C=45)[nH]3. The van der Waals surface area contributed by atoms with Crippen LogP contribution in [0, 0.1) is 17.5 Å². The van der Waals surface area contributed by atoms with Gasteiger partial charge in [0.2, 0.25) is 0 Å². The summed E-state index contributed by atoms with van der Waals surface area (Å²) in [5.41, 5.74) is 8.16. The molecule has 46 heavy (non-hydrogen) atoms. The standard InChI is InChI=1S/C36H34N4O3S3/c1-6-25-27-15-24-11-10-23(38-24)14-20(3)37-26(21(4)19(2)8-7-9-33(42)44)16-29-35-30-12-13-31-36(43)46(30,31,35)32(40-29)17-28(39-27)34(25)22(5)45-18-41/h7-8,10-19,30-31,38,40H,4-6,9H2,1-3H3,(H,42,44)/b8-7-,20-14?,23-14?,24-15?,26-16?,27-15?,28-17?,29-16?,32-17?,37-20?,37-26?. The van der Waals surface area contributed by atoms with Crippen molar-refractivity contribution in [1.29, 1.82) is 0 Å². The summed E-state index contributed by atoms with van der Waals surface area (Å²) in [6.07, 6.45) is 8.95. The normalized spacial score (nSPS) is 22.2. The molecule has 5 aliphatic rings. The van der Waals surface area contributed by atoms with E-state index in [1.54, 1.807) is 6.08 Å². The van der Waals surface area contributed by atoms with Gasteiger partial charge in [-0.3, -0.25) is 19.4 Å². The molecule has 5 aliphatic heterocycles. The van der Waals surface area contributed by atoms with Gasteiger partial charge in [-0.15, -0.1) is 21.4 Å². The van der Waals surface area contributed by atoms with E-state index in [1.807, 2.05) is 56.3 Å². The molecule has 234 valence electrons. The average Bonchev–Trinajstić information content (AvgIpc) is 3.35. The fraction of sp³-hybridized carbons (Fsp3) is 0.222. The molecule has 10 heteroatoms. The number of thioether (sulfide) groups is 1. The van der Waals surface area contributed by atoms with Crippen molar-refractivity contribution in [2.75, 3.05) is 0 Å². The van der Waals surface area contributed by atoms with Crippen LogP contribution in [0.2, 0.25) is 0 Å². The molecule has 2 N–H and O–H groups in total. The molecule has 2 aromatic rings. The van der Waals surface area contributed by atoms with Crippen molar-refractivity contribution in [3.05, 3.63) is 112 Å². The van der Waals surface area contributed by atoms with Crippen LogP contribution in [-0.4, -0.2) is 46.3 Å². The van der Waals surface area contributed by atoms with Crippen molar-refractivity contribution < 1.29 is 14.4 Å². The number of aromatic amines is 2. The van der Waals surface area contributed by atoms with E-state index < -0.39 is 8.75 Å². The van der Waals surface area contributed by atoms with Gasteiger partial charge < -0.3 is 9.97 Å². The van der Waals surface area contributed by atoms with E-state index in [4.69, 9.17) is 9.97 Å². The summed E-state index contributed by atoms with van der Waals surface area (Å²) in [4.78, 5) is 55.9. The third-order valence-electron chi connectivity index (χ3n) is 9.56. The molecule has 0 aliphatic carbocycles. The molecule has 2 fully saturated rings. The number of carbonyl (C=O) groups is 3. The van der Waals surface area contributed by atoms with Crippen molar-refractivity contribution in [3.63, 3.8) is 0 Å². The number of nitrogens with one attached hydrogen (secondary N) is 2. The predicted octanol–water partition coefficient (Wildman–Crippen LogP) is 7.10. The molecule has 7 nitrogen and oxygen atoms in total. The van der Waals surface area contributed by atoms with Gasteiger partial charge in [0.05, 0.1) is 32.3 Å². The quantitative estimate of drug-likeness (QED) is 0.0867. The second-order valence-corrected chi connectivity index (χ2v) is 18.1. The molecular weight excluding hydrogens is 633 g/mol. The van der Waals surface area contributed by atoms with Gasteiger partial charge in [-0.2, -0.15) is 0 Å². The van der Waals surface area contributed by atoms with Crippen molar-refractivity contribution >= 4 is 81.6 Å². The number of hydrogen-bond acceptors (Lipinski definition) is 6. The minimum Gasteiger partial charge on any atom is -0.355 e. The summed E-state index contributed by atoms with van der Waals surface area (Å²) in [6.45, 7) is 14.7. The van der Waals surface area contributed by atoms with Gasteiger partial charge in [-0.1, -0.05) is 63.1 Å². The Morgan fingerprint density at radius 2 is 1.83 bits per heavy atom. The highest BCUT2D eigenvalue weighted by molar-refractivity contribution is 8.75. The first-order chi connectivity index (χ1) is 22.0. The number of rotatable bonds is 9. The minimum absolute atomic E-state index is 0.0787. The van der Waals surface area contributed by atoms with Crippen LogP contribution in [0.25, 0.3) is 32.7 Å². The van der Waals surface area contributed by atoms with E-state index in [-0.39, 0.29) is 28.0 Å². The number of allylic oxidation sites excluding steroid dienone is 5. The van der Waals surface area contributed by atoms with Crippen LogP contribution in [0.15, 0.2) is 78.8 Å². The van der Waals surface area contributed by atoms with Crippen LogP contribution in [0.3, 0.4) is 0 Å². The van der Waals surface area contributed by atoms with E-state index in [9.17, 15) is 14.4 Å². The second-order valence-electron chi connectivity index (χ2n) is 12.1. The van der Waals surface area contributed by atoms with Crippen molar-refractivity contribution in [1.82, 2.24) is 19.9 Å². The minimum atomic E-state index is -2.71. The van der Waals surface area contributed by atoms with Gasteiger partial charge in [0, 0.05) is 49.7 Å². The van der Waals surface area contributed by atoms with Gasteiger partial charge in [0.1, 0.15) is 0 Å². The first-order valence-corrected chi connectivity index (χ1v) is 18.6. The highest BCUT2D eigenvalue weighted by Crippen LogP contribution is 3.05. The summed E-state index contributed by atoms with van der Waals surface area (Å²) in [7, 11) is -2.71. The summed E-state index contributed by atoms with van der Waals surface area (Å²) >= 11 is 4.93. The van der Waals surface area contributed by atoms with Crippen LogP contribution in [0.5, 0.6) is 0 Å². The van der Waals surface area contributed by atoms with E-state index in [0.29, 0.717) is 27.8 Å². The average molecular weight is 667 g/mol. The molecule has 0 amide bonds. The fourth-order valence-electron chi connectivity index (χ4n) is 7.34. The molecular formula is C36H34N4O3S3. The molecule has 7 heterocycles. The maximum atomic E-state index is 13.8. The van der Waals surface area contributed by atoms with E-state index >= 15 is 0 Å². The summed E-state index contributed by atoms with van der Waals surface area (Å²) < 4.78 is 0.909. The number of carbonyl (C=O) groups excluding carboxylic acids is 3. The van der Waals surface area contributed by atoms with Crippen LogP contribution in [0.4, 0.5) is 0 Å². The lowest BCUT2D eigenvalue weighted by Crippen LogP contribution is -2.08. The number of aromatic nitrogens is 4. The lowest BCUT2D eigenvalue weighted by atomic mass is 9.98. The number of hydrogen-bond donors (Lipinski definition) is 3. The summed E-state index contributed by atoms with van der Waals surface area (Å²) in [6, 6.07) is 12.1. The molecule has 3 unspecified atom stereocenters. The van der Waals surface area contributed by atoms with Crippen LogP contribution in [-0.2, 0) is 14.4 Å². The number of H-pyrrole nitrogens is 2. The molecule has 0 saturated carbocycles. The fourth-order valence-corrected chi connectivity index (χ4v) is 14.7. The molecule has 3 atom stereocenters. The zero-order chi connectivity index (χ0) is 32.6. The van der Waals surface area contributed by atoms with Gasteiger partial charge in [-0.25, -0.2) is 4.98 Å². The second kappa shape index (κ2) is 10.8. The Morgan fingerprint density at radius 1 is 1.09 bits per heavy atom. The van der Waals surface area contributed by atoms with Crippen molar-refractivity contribution in [3.8, 4) is 0 Å². The largest absolute Gasteiger partial charge is 0.355 e. The molecule has 0 aromatic carbocycles. The molecule has 6 bridgehead atoms. The lowest BCUT2D eigenvalue weighted by Gasteiger charge is -2.09. The van der Waals surface area contributed by atoms with Gasteiger partial charge >= 0.3 is 0 Å². The van der Waals surface area contributed by atoms with Crippen LogP contribution < -0.4 is 5.35 Å². The Balaban J connectivity index is 1.57. The Morgan fingerprint density at radius 3 is 2.52 bits per heavy atom. The molecule has 0 radical (unpaired) electrons. The zero-order valence-electron chi connectivity index (χ0n) is 25.8. The Hall–Kier alpha value is -3.99. The van der Waals surface area contributed by atoms with Gasteiger partial charge in [0.15, 0.2) is 15.8 Å². The van der Waals surface area contributed by atoms with E-state index in [1.165, 1.54) is 4.91 Å². The summed E-state index contributed by atoms with van der Waals surface area (Å²) in [5, 5.41) is 0.948. The van der Waals surface area contributed by atoms with Gasteiger partial charge in [-0.05, 0) is 60.9 Å². The third kappa shape index (κ3) is 4.16. The molecule has 7 rings (SSSR count). The first kappa shape index (κ1) is 30.7. The summed E-state index contributed by atoms with van der Waals surface area (Å²) in [5.74, 6) is -0.103. The Kier molecular flexibility index (Phi) is 7.19. The topological polar surface area (TPSA) is 109 Å². The highest BCUT2D eigenvalue weighted by Gasteiger charge is 2.87. The Bertz CT molecular complexity index is 2300. The molecule has 1 spiro atoms. The lowest BCUT2D eigenvalue weighted by molar-refractivity contribution is -0.110. The molecule has 2 aromatic heterocycles. The number of thiol groups is 1. The monoisotopic (exact) mass is 666 g/mol. The van der Waals surface area contributed by atoms with Crippen molar-refractivity contribution in [2.24, 2.45) is 5.92 Å². The van der Waals surface area contributed by atoms with Crippen LogP contribution in [0.1, 0.15) is 49.5 Å². The first-order valence-electron chi connectivity index (χ1n) is 15.1. The smallest absolute Gasteiger partial charge is 0.191 e. The Labute approximate surface area is 276 Å². The number of aryl methyl sites for hydroxylation is 1.